The standard InChI is InChI=1S/C7H10O6/c8-3-1-13-7(6(10)11)4(9)2-12-5(3)7/h3-5,8-9H,1-2H2,(H,10,11)/t3-,4+,5-,7-/m1/s1. The topological polar surface area (TPSA) is 96.2 Å². The molecule has 0 unspecified atom stereocenters. The van der Waals surface area contributed by atoms with Crippen LogP contribution in [0.25, 0.3) is 0 Å². The molecule has 2 heterocycles. The summed E-state index contributed by atoms with van der Waals surface area (Å²) in [5, 5.41) is 27.6. The Hall–Kier alpha value is -0.690. The lowest BCUT2D eigenvalue weighted by atomic mass is 9.92. The van der Waals surface area contributed by atoms with Crippen LogP contribution >= 0.6 is 0 Å². The Kier molecular flexibility index (Phi) is 1.81. The third-order valence-corrected chi connectivity index (χ3v) is 2.53. The number of hydrogen-bond donors (Lipinski definition) is 3. The molecule has 74 valence electrons. The monoisotopic (exact) mass is 190 g/mol. The lowest BCUT2D eigenvalue weighted by Crippen LogP contribution is -2.53. The summed E-state index contributed by atoms with van der Waals surface area (Å²) >= 11 is 0. The van der Waals surface area contributed by atoms with Gasteiger partial charge in [0.05, 0.1) is 13.2 Å². The molecule has 6 nitrogen and oxygen atoms in total. The average Bonchev–Trinajstić information content (AvgIpc) is 2.55. The first-order chi connectivity index (χ1) is 6.09. The van der Waals surface area contributed by atoms with Crippen molar-refractivity contribution in [3.05, 3.63) is 0 Å². The average molecular weight is 190 g/mol. The first-order valence-electron chi connectivity index (χ1n) is 3.94. The molecule has 2 fully saturated rings. The fourth-order valence-corrected chi connectivity index (χ4v) is 1.84. The predicted octanol–water partition coefficient (Wildman–Crippen LogP) is -2.04. The van der Waals surface area contributed by atoms with Crippen LogP contribution in [0.2, 0.25) is 0 Å². The van der Waals surface area contributed by atoms with E-state index in [1.165, 1.54) is 0 Å². The van der Waals surface area contributed by atoms with Gasteiger partial charge in [-0.2, -0.15) is 0 Å². The quantitative estimate of drug-likeness (QED) is 0.441. The van der Waals surface area contributed by atoms with Gasteiger partial charge in [0.1, 0.15) is 18.3 Å². The highest BCUT2D eigenvalue weighted by atomic mass is 16.6. The zero-order valence-corrected chi connectivity index (χ0v) is 6.71. The van der Waals surface area contributed by atoms with E-state index in [-0.39, 0.29) is 13.2 Å². The molecule has 0 aromatic rings. The van der Waals surface area contributed by atoms with Crippen LogP contribution in [0.4, 0.5) is 0 Å². The van der Waals surface area contributed by atoms with Crippen molar-refractivity contribution in [3.8, 4) is 0 Å². The number of aliphatic hydroxyl groups is 2. The maximum atomic E-state index is 10.9. The van der Waals surface area contributed by atoms with E-state index in [2.05, 4.69) is 0 Å². The molecule has 6 heteroatoms. The largest absolute Gasteiger partial charge is 0.479 e. The summed E-state index contributed by atoms with van der Waals surface area (Å²) in [6.07, 6.45) is -3.15. The van der Waals surface area contributed by atoms with Gasteiger partial charge in [-0.3, -0.25) is 0 Å². The van der Waals surface area contributed by atoms with Gasteiger partial charge in [0, 0.05) is 0 Å². The molecular formula is C7H10O6. The van der Waals surface area contributed by atoms with Gasteiger partial charge in [-0.25, -0.2) is 4.79 Å². The van der Waals surface area contributed by atoms with Crippen LogP contribution in [0.15, 0.2) is 0 Å². The summed E-state index contributed by atoms with van der Waals surface area (Å²) in [5.41, 5.74) is -1.76. The third-order valence-electron chi connectivity index (χ3n) is 2.53. The highest BCUT2D eigenvalue weighted by Gasteiger charge is 2.64. The van der Waals surface area contributed by atoms with Crippen LogP contribution in [-0.4, -0.2) is 58.4 Å². The molecule has 0 amide bonds. The number of aliphatic hydroxyl groups excluding tert-OH is 2. The normalized spacial score (nSPS) is 49.2. The van der Waals surface area contributed by atoms with Crippen LogP contribution in [0, 0.1) is 0 Å². The minimum atomic E-state index is -1.76. The second-order valence-electron chi connectivity index (χ2n) is 3.25. The SMILES string of the molecule is O=C(O)[C@]12OC[C@@H](O)[C@H]1OC[C@@H]2O. The molecule has 0 radical (unpaired) electrons. The molecule has 2 aliphatic heterocycles. The summed E-state index contributed by atoms with van der Waals surface area (Å²) in [6, 6.07) is 0. The number of aliphatic carboxylic acids is 1. The number of ether oxygens (including phenoxy) is 2. The second-order valence-corrected chi connectivity index (χ2v) is 3.25. The maximum Gasteiger partial charge on any atom is 0.341 e. The Morgan fingerprint density at radius 2 is 2.08 bits per heavy atom. The van der Waals surface area contributed by atoms with Crippen molar-refractivity contribution in [2.75, 3.05) is 13.2 Å². The fourth-order valence-electron chi connectivity index (χ4n) is 1.84. The van der Waals surface area contributed by atoms with Crippen LogP contribution in [-0.2, 0) is 14.3 Å². The van der Waals surface area contributed by atoms with E-state index in [0.717, 1.165) is 0 Å². The Balaban J connectivity index is 2.35. The van der Waals surface area contributed by atoms with Crippen LogP contribution in [0.5, 0.6) is 0 Å². The molecule has 0 saturated carbocycles. The molecule has 2 aliphatic rings. The molecule has 0 aromatic heterocycles. The summed E-state index contributed by atoms with van der Waals surface area (Å²) in [7, 11) is 0. The Labute approximate surface area is 73.7 Å². The number of carbonyl (C=O) groups is 1. The predicted molar refractivity (Wildman–Crippen MR) is 38.1 cm³/mol. The minimum absolute atomic E-state index is 0.117. The molecule has 4 atom stereocenters. The maximum absolute atomic E-state index is 10.9. The van der Waals surface area contributed by atoms with Crippen LogP contribution < -0.4 is 0 Å². The van der Waals surface area contributed by atoms with Gasteiger partial charge in [-0.15, -0.1) is 0 Å². The van der Waals surface area contributed by atoms with Crippen molar-refractivity contribution >= 4 is 5.97 Å². The van der Waals surface area contributed by atoms with E-state index >= 15 is 0 Å². The zero-order chi connectivity index (χ0) is 9.64. The Bertz CT molecular complexity index is 241. The van der Waals surface area contributed by atoms with Gasteiger partial charge < -0.3 is 24.8 Å². The molecule has 0 spiro atoms. The first kappa shape index (κ1) is 8.89. The Morgan fingerprint density at radius 3 is 2.62 bits per heavy atom. The number of carboxylic acid groups (broad SMARTS) is 1. The summed E-state index contributed by atoms with van der Waals surface area (Å²) in [5.74, 6) is -1.29. The molecule has 0 aliphatic carbocycles. The van der Waals surface area contributed by atoms with Gasteiger partial charge in [-0.1, -0.05) is 0 Å². The second kappa shape index (κ2) is 2.65. The van der Waals surface area contributed by atoms with Gasteiger partial charge in [0.2, 0.25) is 5.60 Å². The number of carboxylic acids is 1. The number of hydrogen-bond acceptors (Lipinski definition) is 5. The van der Waals surface area contributed by atoms with Crippen LogP contribution in [0.1, 0.15) is 0 Å². The van der Waals surface area contributed by atoms with E-state index in [4.69, 9.17) is 14.6 Å². The van der Waals surface area contributed by atoms with E-state index in [1.807, 2.05) is 0 Å². The van der Waals surface area contributed by atoms with Crippen LogP contribution in [0.3, 0.4) is 0 Å². The van der Waals surface area contributed by atoms with Crippen molar-refractivity contribution < 1.29 is 29.6 Å². The smallest absolute Gasteiger partial charge is 0.341 e. The van der Waals surface area contributed by atoms with E-state index in [9.17, 15) is 15.0 Å². The minimum Gasteiger partial charge on any atom is -0.479 e. The van der Waals surface area contributed by atoms with E-state index in [1.54, 1.807) is 0 Å². The molecule has 3 N–H and O–H groups in total. The highest BCUT2D eigenvalue weighted by Crippen LogP contribution is 2.37. The summed E-state index contributed by atoms with van der Waals surface area (Å²) in [4.78, 5) is 10.9. The van der Waals surface area contributed by atoms with Crippen molar-refractivity contribution in [1.29, 1.82) is 0 Å². The van der Waals surface area contributed by atoms with Gasteiger partial charge in [0.15, 0.2) is 0 Å². The number of fused-ring (bicyclic) bond motifs is 1. The third kappa shape index (κ3) is 0.939. The molecule has 13 heavy (non-hydrogen) atoms. The fraction of sp³-hybridized carbons (Fsp3) is 0.857. The van der Waals surface area contributed by atoms with Crippen molar-refractivity contribution in [1.82, 2.24) is 0 Å². The molecule has 2 rings (SSSR count). The first-order valence-corrected chi connectivity index (χ1v) is 3.94. The van der Waals surface area contributed by atoms with Gasteiger partial charge >= 0.3 is 5.97 Å². The van der Waals surface area contributed by atoms with E-state index < -0.39 is 29.9 Å². The van der Waals surface area contributed by atoms with Gasteiger partial charge in [-0.05, 0) is 0 Å². The van der Waals surface area contributed by atoms with Crippen molar-refractivity contribution in [3.63, 3.8) is 0 Å². The summed E-state index contributed by atoms with van der Waals surface area (Å²) in [6.45, 7) is -0.234. The molecule has 0 bridgehead atoms. The number of rotatable bonds is 1. The highest BCUT2D eigenvalue weighted by molar-refractivity contribution is 5.80. The lowest BCUT2D eigenvalue weighted by Gasteiger charge is -2.24. The van der Waals surface area contributed by atoms with Crippen molar-refractivity contribution in [2.45, 2.75) is 23.9 Å². The van der Waals surface area contributed by atoms with E-state index in [0.29, 0.717) is 0 Å². The summed E-state index contributed by atoms with van der Waals surface area (Å²) < 4.78 is 9.89. The Morgan fingerprint density at radius 1 is 1.38 bits per heavy atom. The molecule has 2 saturated heterocycles. The zero-order valence-electron chi connectivity index (χ0n) is 6.71. The molecule has 0 aromatic carbocycles. The van der Waals surface area contributed by atoms with Crippen molar-refractivity contribution in [2.24, 2.45) is 0 Å². The lowest BCUT2D eigenvalue weighted by molar-refractivity contribution is -0.171. The van der Waals surface area contributed by atoms with Gasteiger partial charge in [0.25, 0.3) is 0 Å². The molecular weight excluding hydrogens is 180 g/mol.